The van der Waals surface area contributed by atoms with Crippen molar-refractivity contribution in [1.82, 2.24) is 14.5 Å². The maximum Gasteiger partial charge on any atom is 0.232 e. The number of hydrogen-bond donors (Lipinski definition) is 0. The van der Waals surface area contributed by atoms with Crippen molar-refractivity contribution >= 4 is 11.0 Å². The fourth-order valence-electron chi connectivity index (χ4n) is 3.11. The molecule has 0 unspecified atom stereocenters. The van der Waals surface area contributed by atoms with E-state index in [0.717, 1.165) is 28.0 Å². The molecule has 0 fully saturated rings. The number of hydrogen-bond acceptors (Lipinski definition) is 4. The van der Waals surface area contributed by atoms with Gasteiger partial charge in [-0.2, -0.15) is 5.26 Å². The van der Waals surface area contributed by atoms with E-state index in [4.69, 9.17) is 9.72 Å². The molecule has 2 heterocycles. The summed E-state index contributed by atoms with van der Waals surface area (Å²) in [6.07, 6.45) is 0. The van der Waals surface area contributed by atoms with Crippen LogP contribution in [-0.2, 0) is 7.05 Å². The Morgan fingerprint density at radius 3 is 2.42 bits per heavy atom. The van der Waals surface area contributed by atoms with Crippen molar-refractivity contribution in [2.45, 2.75) is 0 Å². The number of para-hydroxylation sites is 2. The quantitative estimate of drug-likeness (QED) is 0.561. The topological polar surface area (TPSA) is 63.7 Å². The Morgan fingerprint density at radius 2 is 1.73 bits per heavy atom. The van der Waals surface area contributed by atoms with Crippen molar-refractivity contribution in [3.8, 4) is 34.6 Å². The predicted molar refractivity (Wildman–Crippen MR) is 101 cm³/mol. The Hall–Kier alpha value is -3.65. The first-order valence-electron chi connectivity index (χ1n) is 8.19. The van der Waals surface area contributed by atoms with Gasteiger partial charge in [-0.05, 0) is 23.8 Å². The molecular formula is C21H16N4O. The van der Waals surface area contributed by atoms with Crippen LogP contribution < -0.4 is 4.74 Å². The van der Waals surface area contributed by atoms with Crippen molar-refractivity contribution < 1.29 is 4.74 Å². The van der Waals surface area contributed by atoms with Crippen LogP contribution in [0.5, 0.6) is 5.88 Å². The lowest BCUT2D eigenvalue weighted by Gasteiger charge is -2.11. The summed E-state index contributed by atoms with van der Waals surface area (Å²) in [7, 11) is 3.48. The highest BCUT2D eigenvalue weighted by Gasteiger charge is 2.18. The van der Waals surface area contributed by atoms with E-state index in [1.54, 1.807) is 0 Å². The number of nitrogens with zero attached hydrogens (tertiary/aromatic N) is 4. The van der Waals surface area contributed by atoms with Crippen LogP contribution in [0, 0.1) is 11.3 Å². The third kappa shape index (κ3) is 2.49. The fraction of sp³-hybridized carbons (Fsp3) is 0.0952. The van der Waals surface area contributed by atoms with E-state index in [9.17, 15) is 5.26 Å². The van der Waals surface area contributed by atoms with Gasteiger partial charge in [0.1, 0.15) is 17.3 Å². The molecule has 0 aliphatic heterocycles. The molecule has 0 spiro atoms. The summed E-state index contributed by atoms with van der Waals surface area (Å²) in [5, 5.41) is 9.63. The minimum atomic E-state index is 0.302. The molecule has 0 amide bonds. The van der Waals surface area contributed by atoms with E-state index < -0.39 is 0 Å². The maximum absolute atomic E-state index is 9.63. The highest BCUT2D eigenvalue weighted by Crippen LogP contribution is 2.33. The molecular weight excluding hydrogens is 324 g/mol. The largest absolute Gasteiger partial charge is 0.480 e. The predicted octanol–water partition coefficient (Wildman–Crippen LogP) is 4.18. The average molecular weight is 340 g/mol. The van der Waals surface area contributed by atoms with Crippen LogP contribution in [0.25, 0.3) is 33.7 Å². The second kappa shape index (κ2) is 6.34. The number of methoxy groups -OCH3 is 1. The molecule has 5 nitrogen and oxygen atoms in total. The van der Waals surface area contributed by atoms with E-state index >= 15 is 0 Å². The number of aryl methyl sites for hydroxylation is 1. The minimum absolute atomic E-state index is 0.302. The Balaban J connectivity index is 2.00. The summed E-state index contributed by atoms with van der Waals surface area (Å²) in [4.78, 5) is 9.26. The van der Waals surface area contributed by atoms with Gasteiger partial charge in [0.2, 0.25) is 5.88 Å². The lowest BCUT2D eigenvalue weighted by atomic mass is 10.0. The first kappa shape index (κ1) is 15.9. The molecule has 0 radical (unpaired) electrons. The lowest BCUT2D eigenvalue weighted by molar-refractivity contribution is 0.397. The van der Waals surface area contributed by atoms with Gasteiger partial charge in [0.05, 0.1) is 18.1 Å². The smallest absolute Gasteiger partial charge is 0.232 e. The summed E-state index contributed by atoms with van der Waals surface area (Å²) >= 11 is 0. The Bertz CT molecular complexity index is 1140. The van der Waals surface area contributed by atoms with Gasteiger partial charge >= 0.3 is 0 Å². The zero-order valence-electron chi connectivity index (χ0n) is 14.5. The number of imidazole rings is 1. The van der Waals surface area contributed by atoms with Crippen molar-refractivity contribution in [2.75, 3.05) is 7.11 Å². The second-order valence-electron chi connectivity index (χ2n) is 5.90. The molecule has 0 aliphatic rings. The van der Waals surface area contributed by atoms with Gasteiger partial charge in [-0.1, -0.05) is 42.5 Å². The van der Waals surface area contributed by atoms with Gasteiger partial charge in [0, 0.05) is 12.6 Å². The van der Waals surface area contributed by atoms with Gasteiger partial charge in [-0.3, -0.25) is 0 Å². The monoisotopic (exact) mass is 340 g/mol. The molecule has 126 valence electrons. The molecule has 26 heavy (non-hydrogen) atoms. The van der Waals surface area contributed by atoms with Gasteiger partial charge in [0.15, 0.2) is 5.82 Å². The van der Waals surface area contributed by atoms with Gasteiger partial charge in [-0.25, -0.2) is 9.97 Å². The number of pyridine rings is 1. The minimum Gasteiger partial charge on any atom is -0.480 e. The van der Waals surface area contributed by atoms with Crippen LogP contribution in [0.15, 0.2) is 60.7 Å². The molecule has 4 aromatic rings. The van der Waals surface area contributed by atoms with E-state index in [-0.39, 0.29) is 0 Å². The molecule has 4 rings (SSSR count). The number of benzene rings is 2. The number of aromatic nitrogens is 3. The second-order valence-corrected chi connectivity index (χ2v) is 5.90. The molecule has 0 bridgehead atoms. The van der Waals surface area contributed by atoms with Gasteiger partial charge < -0.3 is 9.30 Å². The first-order chi connectivity index (χ1) is 12.7. The highest BCUT2D eigenvalue weighted by molar-refractivity contribution is 5.82. The van der Waals surface area contributed by atoms with Crippen molar-refractivity contribution in [2.24, 2.45) is 7.05 Å². The molecule has 0 aliphatic carbocycles. The number of fused-ring (bicyclic) bond motifs is 1. The summed E-state index contributed by atoms with van der Waals surface area (Å²) in [5.41, 5.74) is 4.72. The van der Waals surface area contributed by atoms with Crippen molar-refractivity contribution in [1.29, 1.82) is 5.26 Å². The van der Waals surface area contributed by atoms with Crippen molar-refractivity contribution in [3.05, 3.63) is 66.2 Å². The van der Waals surface area contributed by atoms with E-state index in [1.165, 1.54) is 7.11 Å². The van der Waals surface area contributed by atoms with E-state index in [2.05, 4.69) is 11.1 Å². The van der Waals surface area contributed by atoms with Crippen LogP contribution in [0.2, 0.25) is 0 Å². The summed E-state index contributed by atoms with van der Waals surface area (Å²) in [6, 6.07) is 21.8. The summed E-state index contributed by atoms with van der Waals surface area (Å²) in [6.45, 7) is 0. The molecule has 2 aromatic heterocycles. The van der Waals surface area contributed by atoms with Crippen LogP contribution in [-0.4, -0.2) is 21.6 Å². The molecule has 0 saturated heterocycles. The third-order valence-electron chi connectivity index (χ3n) is 4.39. The molecule has 2 aromatic carbocycles. The van der Waals surface area contributed by atoms with Crippen LogP contribution in [0.3, 0.4) is 0 Å². The summed E-state index contributed by atoms with van der Waals surface area (Å²) in [5.74, 6) is 1.03. The standard InChI is InChI=1S/C21H16N4O/c1-25-19-11-7-6-10-17(19)23-20(25)18-12-15(14-8-4-3-5-9-14)16(13-22)21(24-18)26-2/h3-12H,1-2H3. The normalized spacial score (nSPS) is 10.7. The zero-order chi connectivity index (χ0) is 18.1. The van der Waals surface area contributed by atoms with Crippen molar-refractivity contribution in [3.63, 3.8) is 0 Å². The molecule has 0 atom stereocenters. The number of nitriles is 1. The highest BCUT2D eigenvalue weighted by atomic mass is 16.5. The van der Waals surface area contributed by atoms with Gasteiger partial charge in [0.25, 0.3) is 0 Å². The maximum atomic E-state index is 9.63. The van der Waals surface area contributed by atoms with Crippen LogP contribution in [0.4, 0.5) is 0 Å². The third-order valence-corrected chi connectivity index (χ3v) is 4.39. The average Bonchev–Trinajstić information content (AvgIpc) is 3.04. The van der Waals surface area contributed by atoms with Gasteiger partial charge in [-0.15, -0.1) is 0 Å². The number of ether oxygens (including phenoxy) is 1. The molecule has 5 heteroatoms. The molecule has 0 N–H and O–H groups in total. The van der Waals surface area contributed by atoms with E-state index in [0.29, 0.717) is 17.1 Å². The Kier molecular flexibility index (Phi) is 3.86. The zero-order valence-corrected chi connectivity index (χ0v) is 14.5. The van der Waals surface area contributed by atoms with E-state index in [1.807, 2.05) is 72.3 Å². The first-order valence-corrected chi connectivity index (χ1v) is 8.19. The van der Waals surface area contributed by atoms with Crippen LogP contribution >= 0.6 is 0 Å². The lowest BCUT2D eigenvalue weighted by Crippen LogP contribution is -2.00. The summed E-state index contributed by atoms with van der Waals surface area (Å²) < 4.78 is 7.40. The molecule has 0 saturated carbocycles. The van der Waals surface area contributed by atoms with Crippen LogP contribution in [0.1, 0.15) is 5.56 Å². The SMILES string of the molecule is COc1nc(-c2nc3ccccc3n2C)cc(-c2ccccc2)c1C#N. The Morgan fingerprint density at radius 1 is 1.00 bits per heavy atom. The number of rotatable bonds is 3. The fourth-order valence-corrected chi connectivity index (χ4v) is 3.11. The Labute approximate surface area is 151 Å².